The largest absolute Gasteiger partial charge is 0.298 e. The van der Waals surface area contributed by atoms with Gasteiger partial charge in [-0.05, 0) is 46.7 Å². The van der Waals surface area contributed by atoms with E-state index in [2.05, 4.69) is 39.5 Å². The van der Waals surface area contributed by atoms with Gasteiger partial charge in [-0.25, -0.2) is 0 Å². The van der Waals surface area contributed by atoms with Crippen LogP contribution in [0.5, 0.6) is 0 Å². The molecule has 0 bridgehead atoms. The van der Waals surface area contributed by atoms with Crippen molar-refractivity contribution in [1.29, 1.82) is 0 Å². The van der Waals surface area contributed by atoms with Crippen molar-refractivity contribution < 1.29 is 0 Å². The van der Waals surface area contributed by atoms with E-state index in [-0.39, 0.29) is 0 Å². The normalized spacial score (nSPS) is 12.1. The van der Waals surface area contributed by atoms with Crippen molar-refractivity contribution in [1.82, 2.24) is 4.90 Å². The molecule has 1 heteroatoms. The molecule has 0 saturated carbocycles. The highest BCUT2D eigenvalue weighted by Crippen LogP contribution is 2.19. The van der Waals surface area contributed by atoms with Gasteiger partial charge in [-0.1, -0.05) is 206 Å². The van der Waals surface area contributed by atoms with Crippen LogP contribution in [0.4, 0.5) is 0 Å². The van der Waals surface area contributed by atoms with Crippen LogP contribution in [-0.4, -0.2) is 23.5 Å². The molecule has 0 aliphatic heterocycles. The minimum atomic E-state index is 0.324. The van der Waals surface area contributed by atoms with Gasteiger partial charge in [-0.15, -0.1) is 0 Å². The molecule has 0 atom stereocenters. The monoisotopic (exact) mass is 578 g/mol. The molecule has 0 spiro atoms. The summed E-state index contributed by atoms with van der Waals surface area (Å²) < 4.78 is 0. The fourth-order valence-electron chi connectivity index (χ4n) is 6.48. The maximum atomic E-state index is 2.78. The second-order valence-electron chi connectivity index (χ2n) is 14.8. The van der Waals surface area contributed by atoms with E-state index in [1.165, 1.54) is 219 Å². The number of unbranched alkanes of at least 4 members (excludes halogenated alkanes) is 30. The summed E-state index contributed by atoms with van der Waals surface area (Å²) in [4.78, 5) is 2.78. The molecule has 248 valence electrons. The highest BCUT2D eigenvalue weighted by molar-refractivity contribution is 4.76. The zero-order chi connectivity index (χ0) is 30.1. The highest BCUT2D eigenvalue weighted by Gasteiger charge is 2.19. The smallest absolute Gasteiger partial charge is 0.0125 e. The molecular formula is C40H83N. The summed E-state index contributed by atoms with van der Waals surface area (Å²) in [6, 6.07) is 0. The van der Waals surface area contributed by atoms with Gasteiger partial charge < -0.3 is 0 Å². The van der Waals surface area contributed by atoms with E-state index in [1.54, 1.807) is 0 Å². The molecule has 0 N–H and O–H groups in total. The van der Waals surface area contributed by atoms with Crippen LogP contribution < -0.4 is 0 Å². The summed E-state index contributed by atoms with van der Waals surface area (Å²) in [5.74, 6) is 0. The van der Waals surface area contributed by atoms with E-state index in [0.29, 0.717) is 5.54 Å². The quantitative estimate of drug-likeness (QED) is 0.0687. The standard InChI is InChI=1S/C40H83N/c1-6-8-10-12-14-16-18-20-22-24-26-28-30-32-34-36-38-41(40(3,4)5)39-37-35-33-31-29-27-25-23-21-19-17-15-13-11-9-7-2/h6-39H2,1-5H3. The molecular weight excluding hydrogens is 494 g/mol. The first-order valence-electron chi connectivity index (χ1n) is 19.8. The minimum absolute atomic E-state index is 0.324. The Morgan fingerprint density at radius 3 is 0.610 bits per heavy atom. The van der Waals surface area contributed by atoms with E-state index < -0.39 is 0 Å². The van der Waals surface area contributed by atoms with Gasteiger partial charge in [0.05, 0.1) is 0 Å². The van der Waals surface area contributed by atoms with Gasteiger partial charge in [0.1, 0.15) is 0 Å². The van der Waals surface area contributed by atoms with Crippen LogP contribution in [0.1, 0.15) is 240 Å². The molecule has 41 heavy (non-hydrogen) atoms. The van der Waals surface area contributed by atoms with Crippen molar-refractivity contribution in [3.05, 3.63) is 0 Å². The molecule has 0 aromatic carbocycles. The summed E-state index contributed by atoms with van der Waals surface area (Å²) in [5, 5.41) is 0. The Morgan fingerprint density at radius 2 is 0.439 bits per heavy atom. The average molecular weight is 578 g/mol. The summed E-state index contributed by atoms with van der Waals surface area (Å²) in [6.45, 7) is 14.5. The van der Waals surface area contributed by atoms with Crippen LogP contribution in [0.25, 0.3) is 0 Å². The van der Waals surface area contributed by atoms with Crippen LogP contribution in [0.3, 0.4) is 0 Å². The third-order valence-corrected chi connectivity index (χ3v) is 9.51. The van der Waals surface area contributed by atoms with Gasteiger partial charge in [-0.3, -0.25) is 4.90 Å². The lowest BCUT2D eigenvalue weighted by Crippen LogP contribution is -2.42. The van der Waals surface area contributed by atoms with Crippen LogP contribution in [-0.2, 0) is 0 Å². The molecule has 0 aromatic rings. The SMILES string of the molecule is CCCCCCCCCCCCCCCCCCN(CCCCCCCCCCCCCCCCCC)C(C)(C)C. The second kappa shape index (κ2) is 32.9. The van der Waals surface area contributed by atoms with Gasteiger partial charge in [-0.2, -0.15) is 0 Å². The molecule has 0 unspecified atom stereocenters. The van der Waals surface area contributed by atoms with Gasteiger partial charge in [0.15, 0.2) is 0 Å². The Balaban J connectivity index is 3.49. The van der Waals surface area contributed by atoms with Gasteiger partial charge in [0.25, 0.3) is 0 Å². The topological polar surface area (TPSA) is 3.24 Å². The second-order valence-corrected chi connectivity index (χ2v) is 14.8. The molecule has 0 aliphatic rings. The molecule has 1 nitrogen and oxygen atoms in total. The summed E-state index contributed by atoms with van der Waals surface area (Å²) in [7, 11) is 0. The predicted octanol–water partition coefficient (Wildman–Crippen LogP) is 14.6. The van der Waals surface area contributed by atoms with Crippen LogP contribution in [0.2, 0.25) is 0 Å². The fraction of sp³-hybridized carbons (Fsp3) is 1.00. The Bertz CT molecular complexity index is 428. The van der Waals surface area contributed by atoms with E-state index >= 15 is 0 Å². The molecule has 0 rings (SSSR count). The van der Waals surface area contributed by atoms with E-state index in [9.17, 15) is 0 Å². The van der Waals surface area contributed by atoms with Crippen molar-refractivity contribution in [3.63, 3.8) is 0 Å². The summed E-state index contributed by atoms with van der Waals surface area (Å²) in [5.41, 5.74) is 0.324. The molecule has 0 fully saturated rings. The number of hydrogen-bond donors (Lipinski definition) is 0. The third-order valence-electron chi connectivity index (χ3n) is 9.51. The number of nitrogens with zero attached hydrogens (tertiary/aromatic N) is 1. The molecule has 0 aliphatic carbocycles. The first-order valence-corrected chi connectivity index (χ1v) is 19.8. The highest BCUT2D eigenvalue weighted by atomic mass is 15.2. The maximum absolute atomic E-state index is 2.78. The van der Waals surface area contributed by atoms with E-state index in [4.69, 9.17) is 0 Å². The van der Waals surface area contributed by atoms with Crippen molar-refractivity contribution in [2.45, 2.75) is 246 Å². The summed E-state index contributed by atoms with van der Waals surface area (Å²) in [6.07, 6.45) is 46.6. The van der Waals surface area contributed by atoms with E-state index in [1.807, 2.05) is 0 Å². The van der Waals surface area contributed by atoms with Crippen molar-refractivity contribution in [2.24, 2.45) is 0 Å². The first kappa shape index (κ1) is 41.0. The fourth-order valence-corrected chi connectivity index (χ4v) is 6.48. The van der Waals surface area contributed by atoms with Crippen LogP contribution in [0, 0.1) is 0 Å². The van der Waals surface area contributed by atoms with Crippen LogP contribution in [0.15, 0.2) is 0 Å². The summed E-state index contributed by atoms with van der Waals surface area (Å²) >= 11 is 0. The molecule has 0 radical (unpaired) electrons. The van der Waals surface area contributed by atoms with Crippen molar-refractivity contribution >= 4 is 0 Å². The molecule has 0 aromatic heterocycles. The Morgan fingerprint density at radius 1 is 0.268 bits per heavy atom. The Hall–Kier alpha value is -0.0400. The maximum Gasteiger partial charge on any atom is 0.0125 e. The molecule has 0 heterocycles. The van der Waals surface area contributed by atoms with Gasteiger partial charge in [0, 0.05) is 5.54 Å². The van der Waals surface area contributed by atoms with Gasteiger partial charge in [0.2, 0.25) is 0 Å². The van der Waals surface area contributed by atoms with Crippen LogP contribution >= 0.6 is 0 Å². The third kappa shape index (κ3) is 32.7. The van der Waals surface area contributed by atoms with Crippen molar-refractivity contribution in [2.75, 3.05) is 13.1 Å². The predicted molar refractivity (Wildman–Crippen MR) is 190 cm³/mol. The number of hydrogen-bond acceptors (Lipinski definition) is 1. The number of rotatable bonds is 34. The molecule has 0 amide bonds. The lowest BCUT2D eigenvalue weighted by molar-refractivity contribution is 0.130. The van der Waals surface area contributed by atoms with Crippen molar-refractivity contribution in [3.8, 4) is 0 Å². The Kier molecular flexibility index (Phi) is 32.8. The van der Waals surface area contributed by atoms with Gasteiger partial charge >= 0.3 is 0 Å². The van der Waals surface area contributed by atoms with E-state index in [0.717, 1.165) is 0 Å². The first-order chi connectivity index (χ1) is 20.0. The minimum Gasteiger partial charge on any atom is -0.298 e. The molecule has 0 saturated heterocycles. The zero-order valence-electron chi connectivity index (χ0n) is 30.0. The Labute approximate surface area is 263 Å². The average Bonchev–Trinajstić information content (AvgIpc) is 2.95. The lowest BCUT2D eigenvalue weighted by Gasteiger charge is -2.36. The zero-order valence-corrected chi connectivity index (χ0v) is 30.0. The lowest BCUT2D eigenvalue weighted by atomic mass is 10.0.